The van der Waals surface area contributed by atoms with Crippen molar-refractivity contribution in [2.75, 3.05) is 25.0 Å². The quantitative estimate of drug-likeness (QED) is 0.354. The second-order valence-corrected chi connectivity index (χ2v) is 8.72. The van der Waals surface area contributed by atoms with Gasteiger partial charge in [0.25, 0.3) is 0 Å². The molecule has 34 heavy (non-hydrogen) atoms. The number of likely N-dealkylation sites (tertiary alicyclic amines) is 1. The number of rotatable bonds is 6. The second kappa shape index (κ2) is 9.98. The van der Waals surface area contributed by atoms with Gasteiger partial charge in [0.05, 0.1) is 6.54 Å². The number of hydrogen-bond donors (Lipinski definition) is 2. The molecule has 5 nitrogen and oxygen atoms in total. The summed E-state index contributed by atoms with van der Waals surface area (Å²) in [6, 6.07) is 26.8. The number of phenolic OH excluding ortho intramolecular Hbond substituents is 1. The lowest BCUT2D eigenvalue weighted by Gasteiger charge is -2.25. The molecular formula is C29H28N2O3. The van der Waals surface area contributed by atoms with Crippen molar-refractivity contribution >= 4 is 22.4 Å². The lowest BCUT2D eigenvalue weighted by atomic mass is 9.99. The summed E-state index contributed by atoms with van der Waals surface area (Å²) in [6.45, 7) is 2.42. The Morgan fingerprint density at radius 1 is 0.853 bits per heavy atom. The molecule has 172 valence electrons. The van der Waals surface area contributed by atoms with Gasteiger partial charge in [0.15, 0.2) is 0 Å². The van der Waals surface area contributed by atoms with Crippen molar-refractivity contribution in [2.24, 2.45) is 0 Å². The Kier molecular flexibility index (Phi) is 6.45. The summed E-state index contributed by atoms with van der Waals surface area (Å²) in [5, 5.41) is 14.8. The highest BCUT2D eigenvalue weighted by Crippen LogP contribution is 2.40. The molecule has 1 aliphatic rings. The molecule has 1 aliphatic heterocycles. The molecule has 4 aromatic rings. The van der Waals surface area contributed by atoms with Crippen LogP contribution in [0.3, 0.4) is 0 Å². The van der Waals surface area contributed by atoms with Gasteiger partial charge < -0.3 is 15.2 Å². The minimum absolute atomic E-state index is 0.0132. The topological polar surface area (TPSA) is 61.8 Å². The minimum Gasteiger partial charge on any atom is -0.508 e. The largest absolute Gasteiger partial charge is 0.508 e. The molecule has 0 bridgehead atoms. The van der Waals surface area contributed by atoms with Crippen LogP contribution in [0.5, 0.6) is 17.2 Å². The summed E-state index contributed by atoms with van der Waals surface area (Å²) in [6.07, 6.45) is 3.59. The molecule has 4 aromatic carbocycles. The normalized spacial score (nSPS) is 14.1. The van der Waals surface area contributed by atoms with Crippen molar-refractivity contribution in [2.45, 2.75) is 19.3 Å². The molecule has 2 N–H and O–H groups in total. The highest BCUT2D eigenvalue weighted by Gasteiger charge is 2.15. The third kappa shape index (κ3) is 5.05. The lowest BCUT2D eigenvalue weighted by molar-refractivity contribution is -0.117. The van der Waals surface area contributed by atoms with Crippen LogP contribution in [0.15, 0.2) is 84.9 Å². The molecular weight excluding hydrogens is 424 g/mol. The maximum absolute atomic E-state index is 12.4. The summed E-state index contributed by atoms with van der Waals surface area (Å²) >= 11 is 0. The molecule has 0 spiro atoms. The van der Waals surface area contributed by atoms with Crippen LogP contribution >= 0.6 is 0 Å². The van der Waals surface area contributed by atoms with Crippen molar-refractivity contribution < 1.29 is 14.6 Å². The maximum Gasteiger partial charge on any atom is 0.238 e. The fraction of sp³-hybridized carbons (Fsp3) is 0.207. The average Bonchev–Trinajstić information content (AvgIpc) is 2.86. The van der Waals surface area contributed by atoms with Crippen LogP contribution in [-0.4, -0.2) is 35.5 Å². The summed E-state index contributed by atoms with van der Waals surface area (Å²) < 4.78 is 6.41. The van der Waals surface area contributed by atoms with E-state index in [1.54, 1.807) is 12.1 Å². The standard InChI is InChI=1S/C29H28N2O3/c32-24-13-8-22(9-14-24)27-17-10-21-6-2-3-7-26(21)29(27)34-25-15-11-23(12-16-25)30-28(33)20-31-18-4-1-5-19-31/h2-3,6-17,32H,1,4-5,18-20H2,(H,30,33). The van der Waals surface area contributed by atoms with E-state index in [2.05, 4.69) is 22.3 Å². The minimum atomic E-state index is 0.0132. The van der Waals surface area contributed by atoms with Crippen molar-refractivity contribution in [3.05, 3.63) is 84.9 Å². The lowest BCUT2D eigenvalue weighted by Crippen LogP contribution is -2.36. The van der Waals surface area contributed by atoms with Crippen LogP contribution < -0.4 is 10.1 Å². The molecule has 0 unspecified atom stereocenters. The van der Waals surface area contributed by atoms with E-state index in [0.717, 1.165) is 46.4 Å². The van der Waals surface area contributed by atoms with E-state index in [9.17, 15) is 9.90 Å². The van der Waals surface area contributed by atoms with E-state index >= 15 is 0 Å². The molecule has 1 heterocycles. The summed E-state index contributed by atoms with van der Waals surface area (Å²) in [7, 11) is 0. The zero-order valence-electron chi connectivity index (χ0n) is 19.0. The highest BCUT2D eigenvalue weighted by molar-refractivity contribution is 5.95. The number of fused-ring (bicyclic) bond motifs is 1. The van der Waals surface area contributed by atoms with E-state index in [1.807, 2.05) is 60.7 Å². The molecule has 0 atom stereocenters. The number of nitrogens with zero attached hydrogens (tertiary/aromatic N) is 1. The molecule has 1 saturated heterocycles. The monoisotopic (exact) mass is 452 g/mol. The first-order valence-electron chi connectivity index (χ1n) is 11.8. The zero-order chi connectivity index (χ0) is 23.3. The third-order valence-electron chi connectivity index (χ3n) is 6.23. The van der Waals surface area contributed by atoms with E-state index < -0.39 is 0 Å². The number of anilines is 1. The highest BCUT2D eigenvalue weighted by atomic mass is 16.5. The Bertz CT molecular complexity index is 1280. The first kappa shape index (κ1) is 22.0. The van der Waals surface area contributed by atoms with E-state index in [4.69, 9.17) is 4.74 Å². The van der Waals surface area contributed by atoms with Gasteiger partial charge in [-0.1, -0.05) is 48.9 Å². The summed E-state index contributed by atoms with van der Waals surface area (Å²) in [4.78, 5) is 14.6. The number of phenols is 1. The molecule has 1 amide bonds. The predicted octanol–water partition coefficient (Wildman–Crippen LogP) is 6.43. The van der Waals surface area contributed by atoms with Crippen LogP contribution in [0.25, 0.3) is 21.9 Å². The van der Waals surface area contributed by atoms with Gasteiger partial charge in [0.1, 0.15) is 17.2 Å². The summed E-state index contributed by atoms with van der Waals surface area (Å²) in [5.74, 6) is 1.68. The van der Waals surface area contributed by atoms with Crippen molar-refractivity contribution in [1.29, 1.82) is 0 Å². The van der Waals surface area contributed by atoms with Crippen LogP contribution in [-0.2, 0) is 4.79 Å². The van der Waals surface area contributed by atoms with Crippen molar-refractivity contribution in [3.63, 3.8) is 0 Å². The zero-order valence-corrected chi connectivity index (χ0v) is 19.0. The first-order chi connectivity index (χ1) is 16.7. The van der Waals surface area contributed by atoms with Gasteiger partial charge in [-0.2, -0.15) is 0 Å². The van der Waals surface area contributed by atoms with Gasteiger partial charge in [0.2, 0.25) is 5.91 Å². The Balaban J connectivity index is 1.37. The van der Waals surface area contributed by atoms with E-state index in [-0.39, 0.29) is 11.7 Å². The Hall–Kier alpha value is -3.83. The number of carbonyl (C=O) groups is 1. The van der Waals surface area contributed by atoms with Gasteiger partial charge in [-0.05, 0) is 79.3 Å². The average molecular weight is 453 g/mol. The van der Waals surface area contributed by atoms with E-state index in [0.29, 0.717) is 12.3 Å². The number of piperidine rings is 1. The number of benzene rings is 4. The fourth-order valence-corrected chi connectivity index (χ4v) is 4.47. The molecule has 0 aliphatic carbocycles. The van der Waals surface area contributed by atoms with Gasteiger partial charge in [-0.15, -0.1) is 0 Å². The smallest absolute Gasteiger partial charge is 0.238 e. The Morgan fingerprint density at radius 2 is 1.59 bits per heavy atom. The van der Waals surface area contributed by atoms with Crippen LogP contribution in [0.1, 0.15) is 19.3 Å². The second-order valence-electron chi connectivity index (χ2n) is 8.72. The number of amides is 1. The van der Waals surface area contributed by atoms with Gasteiger partial charge in [-0.3, -0.25) is 9.69 Å². The Labute approximate surface area is 199 Å². The fourth-order valence-electron chi connectivity index (χ4n) is 4.47. The third-order valence-corrected chi connectivity index (χ3v) is 6.23. The molecule has 5 heteroatoms. The number of ether oxygens (including phenoxy) is 1. The van der Waals surface area contributed by atoms with Crippen LogP contribution in [0.4, 0.5) is 5.69 Å². The molecule has 0 saturated carbocycles. The number of carbonyl (C=O) groups excluding carboxylic acids is 1. The molecule has 0 radical (unpaired) electrons. The number of hydrogen-bond acceptors (Lipinski definition) is 4. The van der Waals surface area contributed by atoms with Crippen molar-refractivity contribution in [1.82, 2.24) is 4.90 Å². The molecule has 5 rings (SSSR count). The first-order valence-corrected chi connectivity index (χ1v) is 11.8. The predicted molar refractivity (Wildman–Crippen MR) is 136 cm³/mol. The van der Waals surface area contributed by atoms with Crippen molar-refractivity contribution in [3.8, 4) is 28.4 Å². The van der Waals surface area contributed by atoms with Gasteiger partial charge >= 0.3 is 0 Å². The van der Waals surface area contributed by atoms with Crippen LogP contribution in [0.2, 0.25) is 0 Å². The maximum atomic E-state index is 12.4. The Morgan fingerprint density at radius 3 is 2.35 bits per heavy atom. The molecule has 0 aromatic heterocycles. The van der Waals surface area contributed by atoms with Gasteiger partial charge in [0, 0.05) is 16.6 Å². The van der Waals surface area contributed by atoms with E-state index in [1.165, 1.54) is 19.3 Å². The SMILES string of the molecule is O=C(CN1CCCCC1)Nc1ccc(Oc2c(-c3ccc(O)cc3)ccc3ccccc23)cc1. The number of aromatic hydroxyl groups is 1. The van der Waals surface area contributed by atoms with Crippen LogP contribution in [0, 0.1) is 0 Å². The summed E-state index contributed by atoms with van der Waals surface area (Å²) in [5.41, 5.74) is 2.66. The van der Waals surface area contributed by atoms with Gasteiger partial charge in [-0.25, -0.2) is 0 Å². The molecule has 1 fully saturated rings. The number of nitrogens with one attached hydrogen (secondary N) is 1.